The number of rotatable bonds is 12. The summed E-state index contributed by atoms with van der Waals surface area (Å²) >= 11 is 0.639. The molecule has 0 fully saturated rings. The highest BCUT2D eigenvalue weighted by molar-refractivity contribution is 7.11. The lowest BCUT2D eigenvalue weighted by Crippen LogP contribution is -2.29. The third kappa shape index (κ3) is 7.38. The molecule has 0 aliphatic carbocycles. The second-order valence-electron chi connectivity index (χ2n) is 7.21. The number of carbonyl (C=O) groups excluding carboxylic acids is 1. The van der Waals surface area contributed by atoms with Crippen molar-refractivity contribution in [2.45, 2.75) is 32.3 Å². The van der Waals surface area contributed by atoms with E-state index < -0.39 is 53.1 Å². The van der Waals surface area contributed by atoms with Gasteiger partial charge in [-0.3, -0.25) is 5.32 Å². The molecule has 2 amide bonds. The summed E-state index contributed by atoms with van der Waals surface area (Å²) in [7, 11) is 4.01. The fourth-order valence-corrected chi connectivity index (χ4v) is 3.47. The summed E-state index contributed by atoms with van der Waals surface area (Å²) in [5.41, 5.74) is -1.17. The van der Waals surface area contributed by atoms with Crippen molar-refractivity contribution in [1.82, 2.24) is 14.6 Å². The SMILES string of the molecule is CN(C)CCCCCCNC(=O)Nc1snc(OCc2c(F)ccc(F)c2F)c1C(=O)O. The maximum atomic E-state index is 13.8. The molecule has 12 heteroatoms. The highest BCUT2D eigenvalue weighted by Crippen LogP contribution is 2.31. The van der Waals surface area contributed by atoms with Crippen LogP contribution < -0.4 is 15.4 Å². The molecule has 1 aromatic heterocycles. The molecule has 3 N–H and O–H groups in total. The Labute approximate surface area is 187 Å². The van der Waals surface area contributed by atoms with E-state index in [2.05, 4.69) is 19.9 Å². The number of hydrogen-bond acceptors (Lipinski definition) is 6. The summed E-state index contributed by atoms with van der Waals surface area (Å²) in [5.74, 6) is -5.64. The molecule has 0 unspecified atom stereocenters. The van der Waals surface area contributed by atoms with E-state index in [9.17, 15) is 27.9 Å². The van der Waals surface area contributed by atoms with Gasteiger partial charge in [0.1, 0.15) is 17.4 Å². The van der Waals surface area contributed by atoms with Crippen LogP contribution in [0, 0.1) is 17.5 Å². The van der Waals surface area contributed by atoms with E-state index in [1.165, 1.54) is 0 Å². The number of aromatic nitrogens is 1. The van der Waals surface area contributed by atoms with Crippen molar-refractivity contribution in [1.29, 1.82) is 0 Å². The Morgan fingerprint density at radius 2 is 1.81 bits per heavy atom. The van der Waals surface area contributed by atoms with Gasteiger partial charge in [0.2, 0.25) is 5.88 Å². The van der Waals surface area contributed by atoms with Gasteiger partial charge >= 0.3 is 12.0 Å². The van der Waals surface area contributed by atoms with Crippen LogP contribution in [-0.2, 0) is 6.61 Å². The molecule has 8 nitrogen and oxygen atoms in total. The maximum absolute atomic E-state index is 13.8. The average Bonchev–Trinajstić information content (AvgIpc) is 3.12. The number of halogens is 3. The number of benzene rings is 1. The minimum Gasteiger partial charge on any atom is -0.477 e. The monoisotopic (exact) mass is 474 g/mol. The number of hydrogen-bond donors (Lipinski definition) is 3. The molecule has 0 radical (unpaired) electrons. The summed E-state index contributed by atoms with van der Waals surface area (Å²) in [5, 5.41) is 14.4. The van der Waals surface area contributed by atoms with Crippen LogP contribution in [0.4, 0.5) is 23.0 Å². The summed E-state index contributed by atoms with van der Waals surface area (Å²) in [6.45, 7) is 0.634. The average molecular weight is 475 g/mol. The Hall–Kier alpha value is -2.86. The summed E-state index contributed by atoms with van der Waals surface area (Å²) in [4.78, 5) is 25.8. The zero-order valence-electron chi connectivity index (χ0n) is 17.7. The topological polar surface area (TPSA) is 104 Å². The number of carboxylic acid groups (broad SMARTS) is 1. The number of carbonyl (C=O) groups is 2. The summed E-state index contributed by atoms with van der Waals surface area (Å²) < 4.78 is 49.7. The maximum Gasteiger partial charge on any atom is 0.344 e. The first-order chi connectivity index (χ1) is 15.2. The predicted molar refractivity (Wildman–Crippen MR) is 114 cm³/mol. The van der Waals surface area contributed by atoms with Gasteiger partial charge in [0.15, 0.2) is 17.2 Å². The summed E-state index contributed by atoms with van der Waals surface area (Å²) in [6.07, 6.45) is 3.82. The van der Waals surface area contributed by atoms with Crippen molar-refractivity contribution in [2.24, 2.45) is 0 Å². The second-order valence-corrected chi connectivity index (χ2v) is 7.98. The molecule has 0 aliphatic rings. The Morgan fingerprint density at radius 1 is 1.12 bits per heavy atom. The lowest BCUT2D eigenvalue weighted by Gasteiger charge is -2.09. The molecule has 2 rings (SSSR count). The normalized spacial score (nSPS) is 10.9. The molecule has 0 atom stereocenters. The third-order valence-electron chi connectivity index (χ3n) is 4.41. The van der Waals surface area contributed by atoms with Crippen LogP contribution in [-0.4, -0.2) is 53.6 Å². The largest absolute Gasteiger partial charge is 0.477 e. The Kier molecular flexibility index (Phi) is 9.72. The van der Waals surface area contributed by atoms with Gasteiger partial charge in [-0.15, -0.1) is 0 Å². The van der Waals surface area contributed by atoms with E-state index in [4.69, 9.17) is 4.74 Å². The van der Waals surface area contributed by atoms with E-state index in [-0.39, 0.29) is 5.00 Å². The van der Waals surface area contributed by atoms with Crippen LogP contribution in [0.1, 0.15) is 41.6 Å². The molecule has 1 aromatic carbocycles. The molecular formula is C20H25F3N4O4S. The number of amides is 2. The molecule has 32 heavy (non-hydrogen) atoms. The van der Waals surface area contributed by atoms with Crippen LogP contribution in [0.5, 0.6) is 5.88 Å². The number of carboxylic acids is 1. The van der Waals surface area contributed by atoms with Crippen LogP contribution in [0.3, 0.4) is 0 Å². The molecule has 0 aliphatic heterocycles. The molecule has 0 spiro atoms. The minimum atomic E-state index is -1.45. The standard InChI is InChI=1S/C20H25F3N4O4S/c1-27(2)10-6-4-3-5-9-24-20(30)25-18-15(19(28)29)17(26-32-18)31-11-12-13(21)7-8-14(22)16(12)23/h7-8H,3-6,9-11H2,1-2H3,(H,28,29)(H2,24,25,30). The van der Waals surface area contributed by atoms with E-state index >= 15 is 0 Å². The smallest absolute Gasteiger partial charge is 0.344 e. The van der Waals surface area contributed by atoms with Crippen molar-refractivity contribution in [3.63, 3.8) is 0 Å². The number of ether oxygens (including phenoxy) is 1. The van der Waals surface area contributed by atoms with Crippen LogP contribution in [0.2, 0.25) is 0 Å². The van der Waals surface area contributed by atoms with Gasteiger partial charge in [-0.2, -0.15) is 4.37 Å². The first kappa shape index (κ1) is 25.4. The van der Waals surface area contributed by atoms with Crippen molar-refractivity contribution < 1.29 is 32.6 Å². The zero-order chi connectivity index (χ0) is 23.7. The highest BCUT2D eigenvalue weighted by atomic mass is 32.1. The number of urea groups is 1. The van der Waals surface area contributed by atoms with E-state index in [0.717, 1.165) is 38.3 Å². The quantitative estimate of drug-likeness (QED) is 0.316. The highest BCUT2D eigenvalue weighted by Gasteiger charge is 2.24. The molecule has 0 bridgehead atoms. The Balaban J connectivity index is 1.90. The first-order valence-corrected chi connectivity index (χ1v) is 10.7. The van der Waals surface area contributed by atoms with Crippen molar-refractivity contribution in [2.75, 3.05) is 32.5 Å². The molecule has 0 saturated carbocycles. The third-order valence-corrected chi connectivity index (χ3v) is 5.16. The zero-order valence-corrected chi connectivity index (χ0v) is 18.5. The van der Waals surface area contributed by atoms with Crippen LogP contribution >= 0.6 is 11.5 Å². The fraction of sp³-hybridized carbons (Fsp3) is 0.450. The number of nitrogens with one attached hydrogen (secondary N) is 2. The van der Waals surface area contributed by atoms with Gasteiger partial charge in [0.05, 0.1) is 5.56 Å². The second kappa shape index (κ2) is 12.2. The van der Waals surface area contributed by atoms with Gasteiger partial charge in [-0.1, -0.05) is 12.8 Å². The predicted octanol–water partition coefficient (Wildman–Crippen LogP) is 4.08. The number of nitrogens with zero attached hydrogens (tertiary/aromatic N) is 2. The van der Waals surface area contributed by atoms with Crippen molar-refractivity contribution in [3.05, 3.63) is 40.7 Å². The van der Waals surface area contributed by atoms with Crippen LogP contribution in [0.25, 0.3) is 0 Å². The molecule has 0 saturated heterocycles. The molecule has 176 valence electrons. The summed E-state index contributed by atoms with van der Waals surface area (Å²) in [6, 6.07) is 0.748. The van der Waals surface area contributed by atoms with Gasteiger partial charge in [-0.05, 0) is 57.1 Å². The van der Waals surface area contributed by atoms with E-state index in [1.807, 2.05) is 14.1 Å². The van der Waals surface area contributed by atoms with Crippen LogP contribution in [0.15, 0.2) is 12.1 Å². The van der Waals surface area contributed by atoms with Gasteiger partial charge < -0.3 is 20.1 Å². The molecular weight excluding hydrogens is 449 g/mol. The van der Waals surface area contributed by atoms with Crippen molar-refractivity contribution >= 4 is 28.5 Å². The molecule has 1 heterocycles. The van der Waals surface area contributed by atoms with Gasteiger partial charge in [0.25, 0.3) is 0 Å². The van der Waals surface area contributed by atoms with E-state index in [0.29, 0.717) is 24.1 Å². The number of unbranched alkanes of at least 4 members (excludes halogenated alkanes) is 3. The lowest BCUT2D eigenvalue weighted by atomic mass is 10.2. The Morgan fingerprint density at radius 3 is 2.50 bits per heavy atom. The van der Waals surface area contributed by atoms with Crippen molar-refractivity contribution in [3.8, 4) is 5.88 Å². The van der Waals surface area contributed by atoms with Gasteiger partial charge in [0, 0.05) is 6.54 Å². The Bertz CT molecular complexity index is 940. The minimum absolute atomic E-state index is 0.101. The fourth-order valence-electron chi connectivity index (χ4n) is 2.75. The van der Waals surface area contributed by atoms with E-state index in [1.54, 1.807) is 0 Å². The number of aromatic carboxylic acids is 1. The number of anilines is 1. The molecule has 2 aromatic rings. The van der Waals surface area contributed by atoms with Gasteiger partial charge in [-0.25, -0.2) is 22.8 Å². The lowest BCUT2D eigenvalue weighted by molar-refractivity contribution is 0.0693. The first-order valence-electron chi connectivity index (χ1n) is 9.88.